The second-order valence-electron chi connectivity index (χ2n) is 7.59. The van der Waals surface area contributed by atoms with E-state index in [9.17, 15) is 18.0 Å². The fourth-order valence-corrected chi connectivity index (χ4v) is 5.58. The Balaban J connectivity index is 1.56. The van der Waals surface area contributed by atoms with Gasteiger partial charge in [-0.05, 0) is 49.1 Å². The number of aromatic nitrogens is 1. The number of hydrogen-bond donors (Lipinski definition) is 0. The van der Waals surface area contributed by atoms with E-state index in [1.54, 1.807) is 17.2 Å². The number of nitrogens with zero attached hydrogens (tertiary/aromatic N) is 3. The van der Waals surface area contributed by atoms with Crippen molar-refractivity contribution in [2.75, 3.05) is 24.5 Å². The van der Waals surface area contributed by atoms with Crippen molar-refractivity contribution in [3.05, 3.63) is 58.5 Å². The summed E-state index contributed by atoms with van der Waals surface area (Å²) in [5.41, 5.74) is 1.22. The maximum atomic E-state index is 12.9. The summed E-state index contributed by atoms with van der Waals surface area (Å²) in [5, 5.41) is 0. The molecule has 2 aliphatic heterocycles. The van der Waals surface area contributed by atoms with Crippen LogP contribution in [-0.4, -0.2) is 42.8 Å². The molecule has 0 N–H and O–H groups in total. The largest absolute Gasteiger partial charge is 0.312 e. The van der Waals surface area contributed by atoms with Crippen molar-refractivity contribution in [1.29, 1.82) is 0 Å². The Labute approximate surface area is 170 Å². The molecule has 29 heavy (non-hydrogen) atoms. The minimum atomic E-state index is -3.78. The van der Waals surface area contributed by atoms with E-state index in [0.717, 1.165) is 43.5 Å². The van der Waals surface area contributed by atoms with Gasteiger partial charge in [-0.25, -0.2) is 8.42 Å². The third-order valence-electron chi connectivity index (χ3n) is 5.59. The van der Waals surface area contributed by atoms with Crippen LogP contribution >= 0.6 is 0 Å². The van der Waals surface area contributed by atoms with Crippen LogP contribution < -0.4 is 10.5 Å². The van der Waals surface area contributed by atoms with E-state index in [2.05, 4.69) is 0 Å². The number of carbonyl (C=O) groups excluding carboxylic acids is 1. The van der Waals surface area contributed by atoms with Gasteiger partial charge in [-0.2, -0.15) is 4.31 Å². The van der Waals surface area contributed by atoms with Crippen molar-refractivity contribution in [2.45, 2.75) is 43.5 Å². The summed E-state index contributed by atoms with van der Waals surface area (Å²) in [5.74, 6) is 0.129. The zero-order valence-electron chi connectivity index (χ0n) is 16.3. The van der Waals surface area contributed by atoms with Crippen LogP contribution in [-0.2, 0) is 21.4 Å². The van der Waals surface area contributed by atoms with Crippen LogP contribution in [0.1, 0.15) is 37.7 Å². The van der Waals surface area contributed by atoms with Crippen LogP contribution in [0.3, 0.4) is 0 Å². The van der Waals surface area contributed by atoms with E-state index in [1.165, 1.54) is 14.9 Å². The number of pyridine rings is 1. The van der Waals surface area contributed by atoms with Gasteiger partial charge in [0.15, 0.2) is 0 Å². The van der Waals surface area contributed by atoms with E-state index >= 15 is 0 Å². The first-order chi connectivity index (χ1) is 14.0. The molecule has 1 amide bonds. The lowest BCUT2D eigenvalue weighted by Gasteiger charge is -2.25. The standard InChI is InChI=1S/C21H25N3O4S/c25-20-7-5-15-24(20)18-10-8-17(9-11-18)16-22-12-4-6-19(21(22)26)29(27,28)23-13-2-1-3-14-23/h4,6,8-12H,1-3,5,7,13-16H2. The maximum Gasteiger partial charge on any atom is 0.271 e. The summed E-state index contributed by atoms with van der Waals surface area (Å²) in [6, 6.07) is 10.5. The molecule has 0 aliphatic carbocycles. The second kappa shape index (κ2) is 8.12. The van der Waals surface area contributed by atoms with Gasteiger partial charge in [0.25, 0.3) is 5.56 Å². The van der Waals surface area contributed by atoms with Crippen molar-refractivity contribution in [2.24, 2.45) is 0 Å². The van der Waals surface area contributed by atoms with Gasteiger partial charge in [-0.15, -0.1) is 0 Å². The third-order valence-corrected chi connectivity index (χ3v) is 7.50. The fraction of sp³-hybridized carbons (Fsp3) is 0.429. The number of piperidine rings is 1. The highest BCUT2D eigenvalue weighted by atomic mass is 32.2. The smallest absolute Gasteiger partial charge is 0.271 e. The van der Waals surface area contributed by atoms with Crippen LogP contribution in [0.5, 0.6) is 0 Å². The molecule has 2 aliphatic rings. The summed E-state index contributed by atoms with van der Waals surface area (Å²) >= 11 is 0. The minimum absolute atomic E-state index is 0.129. The highest BCUT2D eigenvalue weighted by molar-refractivity contribution is 7.89. The molecule has 1 aromatic heterocycles. The highest BCUT2D eigenvalue weighted by Crippen LogP contribution is 2.22. The average Bonchev–Trinajstić information content (AvgIpc) is 3.16. The molecule has 0 spiro atoms. The zero-order valence-corrected chi connectivity index (χ0v) is 17.1. The molecule has 0 bridgehead atoms. The Morgan fingerprint density at radius 3 is 2.24 bits per heavy atom. The van der Waals surface area contributed by atoms with Crippen LogP contribution in [0.2, 0.25) is 0 Å². The topological polar surface area (TPSA) is 79.7 Å². The van der Waals surface area contributed by atoms with Crippen molar-refractivity contribution >= 4 is 21.6 Å². The SMILES string of the molecule is O=C1CCCN1c1ccc(Cn2cccc(S(=O)(=O)N3CCCCC3)c2=O)cc1. The molecule has 3 heterocycles. The minimum Gasteiger partial charge on any atom is -0.312 e. The number of benzene rings is 1. The van der Waals surface area contributed by atoms with Gasteiger partial charge < -0.3 is 9.47 Å². The third kappa shape index (κ3) is 4.00. The molecule has 0 saturated carbocycles. The Kier molecular flexibility index (Phi) is 5.56. The van der Waals surface area contributed by atoms with Crippen molar-refractivity contribution in [3.63, 3.8) is 0 Å². The van der Waals surface area contributed by atoms with Gasteiger partial charge in [0.1, 0.15) is 4.90 Å². The summed E-state index contributed by atoms with van der Waals surface area (Å²) in [4.78, 5) is 26.4. The first kappa shape index (κ1) is 19.8. The molecule has 8 heteroatoms. The van der Waals surface area contributed by atoms with Gasteiger partial charge >= 0.3 is 0 Å². The summed E-state index contributed by atoms with van der Waals surface area (Å²) in [7, 11) is -3.78. The molecule has 7 nitrogen and oxygen atoms in total. The number of carbonyl (C=O) groups is 1. The van der Waals surface area contributed by atoms with Crippen molar-refractivity contribution in [3.8, 4) is 0 Å². The van der Waals surface area contributed by atoms with E-state index in [-0.39, 0.29) is 17.3 Å². The summed E-state index contributed by atoms with van der Waals surface area (Å²) in [6.45, 7) is 1.94. The average molecular weight is 416 g/mol. The number of sulfonamides is 1. The molecule has 154 valence electrons. The van der Waals surface area contributed by atoms with Gasteiger partial charge in [0.2, 0.25) is 15.9 Å². The van der Waals surface area contributed by atoms with Crippen LogP contribution in [0.15, 0.2) is 52.3 Å². The van der Waals surface area contributed by atoms with Gasteiger partial charge in [0.05, 0.1) is 6.54 Å². The van der Waals surface area contributed by atoms with Crippen molar-refractivity contribution in [1.82, 2.24) is 8.87 Å². The number of anilines is 1. The predicted octanol–water partition coefficient (Wildman–Crippen LogP) is 2.20. The Morgan fingerprint density at radius 1 is 0.862 bits per heavy atom. The molecular weight excluding hydrogens is 390 g/mol. The first-order valence-electron chi connectivity index (χ1n) is 10.1. The first-order valence-corrected chi connectivity index (χ1v) is 11.5. The molecule has 0 radical (unpaired) electrons. The monoisotopic (exact) mass is 415 g/mol. The molecule has 2 aromatic rings. The summed E-state index contributed by atoms with van der Waals surface area (Å²) in [6.07, 6.45) is 5.72. The van der Waals surface area contributed by atoms with E-state index < -0.39 is 15.6 Å². The number of rotatable bonds is 5. The lowest BCUT2D eigenvalue weighted by atomic mass is 10.2. The molecule has 2 fully saturated rings. The van der Waals surface area contributed by atoms with Gasteiger partial charge in [-0.3, -0.25) is 9.59 Å². The second-order valence-corrected chi connectivity index (χ2v) is 9.49. The quantitative estimate of drug-likeness (QED) is 0.750. The van der Waals surface area contributed by atoms with Crippen molar-refractivity contribution < 1.29 is 13.2 Å². The molecular formula is C21H25N3O4S. The molecule has 2 saturated heterocycles. The molecule has 0 atom stereocenters. The summed E-state index contributed by atoms with van der Waals surface area (Å²) < 4.78 is 28.7. The molecule has 1 aromatic carbocycles. The maximum absolute atomic E-state index is 12.9. The number of amides is 1. The predicted molar refractivity (Wildman–Crippen MR) is 110 cm³/mol. The molecule has 4 rings (SSSR count). The Morgan fingerprint density at radius 2 is 1.59 bits per heavy atom. The lowest BCUT2D eigenvalue weighted by Crippen LogP contribution is -2.39. The normalized spacial score (nSPS) is 18.3. The Hall–Kier alpha value is -2.45. The van der Waals surface area contributed by atoms with Crippen LogP contribution in [0.25, 0.3) is 0 Å². The van der Waals surface area contributed by atoms with E-state index in [0.29, 0.717) is 19.5 Å². The molecule has 0 unspecified atom stereocenters. The lowest BCUT2D eigenvalue weighted by molar-refractivity contribution is -0.117. The van der Waals surface area contributed by atoms with Crippen LogP contribution in [0.4, 0.5) is 5.69 Å². The number of hydrogen-bond acceptors (Lipinski definition) is 4. The van der Waals surface area contributed by atoms with Crippen LogP contribution in [0, 0.1) is 0 Å². The van der Waals surface area contributed by atoms with Gasteiger partial charge in [0, 0.05) is 37.9 Å². The highest BCUT2D eigenvalue weighted by Gasteiger charge is 2.28. The van der Waals surface area contributed by atoms with Gasteiger partial charge in [-0.1, -0.05) is 18.6 Å². The zero-order chi connectivity index (χ0) is 20.4. The fourth-order valence-electron chi connectivity index (χ4n) is 3.98. The van der Waals surface area contributed by atoms with E-state index in [1.807, 2.05) is 24.3 Å². The van der Waals surface area contributed by atoms with E-state index in [4.69, 9.17) is 0 Å². The Bertz CT molecular complexity index is 1050.